The lowest BCUT2D eigenvalue weighted by molar-refractivity contribution is -0.122. The van der Waals surface area contributed by atoms with Crippen LogP contribution in [0.2, 0.25) is 10.0 Å². The summed E-state index contributed by atoms with van der Waals surface area (Å²) in [5, 5.41) is 2.91. The molecule has 0 unspecified atom stereocenters. The first-order valence-corrected chi connectivity index (χ1v) is 10.1. The number of carbonyl (C=O) groups excluding carboxylic acids is 3. The Morgan fingerprint density at radius 3 is 2.52 bits per heavy atom. The minimum atomic E-state index is -0.389. The third-order valence-electron chi connectivity index (χ3n) is 4.09. The van der Waals surface area contributed by atoms with Crippen LogP contribution in [0.5, 0.6) is 5.75 Å². The maximum Gasteiger partial charge on any atom is 0.293 e. The van der Waals surface area contributed by atoms with Gasteiger partial charge in [-0.05, 0) is 53.7 Å². The molecule has 3 rings (SSSR count). The van der Waals surface area contributed by atoms with E-state index in [1.54, 1.807) is 43.5 Å². The summed E-state index contributed by atoms with van der Waals surface area (Å²) < 4.78 is 5.10. The predicted molar refractivity (Wildman–Crippen MR) is 114 cm³/mol. The van der Waals surface area contributed by atoms with Crippen molar-refractivity contribution in [2.75, 3.05) is 20.2 Å². The van der Waals surface area contributed by atoms with Crippen LogP contribution in [-0.2, 0) is 4.79 Å². The van der Waals surface area contributed by atoms with Gasteiger partial charge in [0, 0.05) is 18.7 Å². The molecule has 0 atom stereocenters. The van der Waals surface area contributed by atoms with Crippen LogP contribution in [0.4, 0.5) is 4.79 Å². The number of carbonyl (C=O) groups is 3. The minimum absolute atomic E-state index is 0.0671. The Morgan fingerprint density at radius 1 is 1.14 bits per heavy atom. The Labute approximate surface area is 181 Å². The summed E-state index contributed by atoms with van der Waals surface area (Å²) in [5.41, 5.74) is 1.12. The number of benzene rings is 2. The van der Waals surface area contributed by atoms with Gasteiger partial charge in [-0.15, -0.1) is 0 Å². The van der Waals surface area contributed by atoms with E-state index in [2.05, 4.69) is 5.32 Å². The van der Waals surface area contributed by atoms with E-state index in [4.69, 9.17) is 27.9 Å². The number of nitrogens with zero attached hydrogens (tertiary/aromatic N) is 1. The molecule has 1 fully saturated rings. The molecule has 3 amide bonds. The maximum atomic E-state index is 12.5. The standard InChI is InChI=1S/C20H16Cl2N2O4S/c1-28-14-5-2-12(3-6-14)10-17-19(26)24(20(27)29-17)9-8-23-18(25)13-4-7-15(21)16(22)11-13/h2-7,10-11H,8-9H2,1H3,(H,23,25). The van der Waals surface area contributed by atoms with Crippen LogP contribution >= 0.6 is 35.0 Å². The number of hydrogen-bond donors (Lipinski definition) is 1. The van der Waals surface area contributed by atoms with Crippen molar-refractivity contribution in [1.29, 1.82) is 0 Å². The van der Waals surface area contributed by atoms with E-state index in [9.17, 15) is 14.4 Å². The number of amides is 3. The van der Waals surface area contributed by atoms with Crippen molar-refractivity contribution in [3.8, 4) is 5.75 Å². The van der Waals surface area contributed by atoms with Gasteiger partial charge in [0.25, 0.3) is 17.1 Å². The molecule has 6 nitrogen and oxygen atoms in total. The largest absolute Gasteiger partial charge is 0.497 e. The summed E-state index contributed by atoms with van der Waals surface area (Å²) in [5.74, 6) is -0.0584. The van der Waals surface area contributed by atoms with Crippen molar-refractivity contribution < 1.29 is 19.1 Å². The molecule has 2 aromatic rings. The fourth-order valence-electron chi connectivity index (χ4n) is 2.56. The molecular weight excluding hydrogens is 435 g/mol. The quantitative estimate of drug-likeness (QED) is 0.656. The highest BCUT2D eigenvalue weighted by molar-refractivity contribution is 8.18. The molecule has 0 saturated carbocycles. The number of imide groups is 1. The molecule has 1 aliphatic heterocycles. The van der Waals surface area contributed by atoms with Crippen molar-refractivity contribution in [3.05, 3.63) is 68.5 Å². The summed E-state index contributed by atoms with van der Waals surface area (Å²) in [6, 6.07) is 11.7. The van der Waals surface area contributed by atoms with Crippen LogP contribution in [0, 0.1) is 0 Å². The fourth-order valence-corrected chi connectivity index (χ4v) is 3.73. The van der Waals surface area contributed by atoms with Gasteiger partial charge in [0.15, 0.2) is 0 Å². The molecule has 0 aromatic heterocycles. The summed E-state index contributed by atoms with van der Waals surface area (Å²) >= 11 is 12.6. The van der Waals surface area contributed by atoms with Gasteiger partial charge >= 0.3 is 0 Å². The van der Waals surface area contributed by atoms with Crippen LogP contribution in [0.3, 0.4) is 0 Å². The average molecular weight is 451 g/mol. The number of halogens is 2. The molecule has 0 radical (unpaired) electrons. The van der Waals surface area contributed by atoms with Crippen molar-refractivity contribution >= 4 is 58.1 Å². The lowest BCUT2D eigenvalue weighted by Crippen LogP contribution is -2.37. The summed E-state index contributed by atoms with van der Waals surface area (Å²) in [6.45, 7) is 0.185. The molecule has 0 aliphatic carbocycles. The molecule has 29 heavy (non-hydrogen) atoms. The van der Waals surface area contributed by atoms with E-state index in [-0.39, 0.29) is 35.2 Å². The SMILES string of the molecule is COc1ccc(C=C2SC(=O)N(CCNC(=O)c3ccc(Cl)c(Cl)c3)C2=O)cc1. The molecule has 1 aliphatic rings. The second-order valence-corrected chi connectivity index (χ2v) is 7.80. The van der Waals surface area contributed by atoms with Crippen molar-refractivity contribution in [1.82, 2.24) is 10.2 Å². The molecule has 1 N–H and O–H groups in total. The lowest BCUT2D eigenvalue weighted by atomic mass is 10.2. The zero-order chi connectivity index (χ0) is 21.0. The first kappa shape index (κ1) is 21.2. The van der Waals surface area contributed by atoms with Gasteiger partial charge in [0.1, 0.15) is 5.75 Å². The van der Waals surface area contributed by atoms with Crippen molar-refractivity contribution in [2.24, 2.45) is 0 Å². The molecule has 1 saturated heterocycles. The van der Waals surface area contributed by atoms with Gasteiger partial charge < -0.3 is 10.1 Å². The van der Waals surface area contributed by atoms with Gasteiger partial charge in [0.05, 0.1) is 22.1 Å². The Bertz CT molecular complexity index is 992. The predicted octanol–water partition coefficient (Wildman–Crippen LogP) is 4.47. The van der Waals surface area contributed by atoms with Gasteiger partial charge in [-0.25, -0.2) is 0 Å². The number of rotatable bonds is 6. The molecule has 0 bridgehead atoms. The van der Waals surface area contributed by atoms with Gasteiger partial charge in [-0.3, -0.25) is 19.3 Å². The highest BCUT2D eigenvalue weighted by Gasteiger charge is 2.34. The van der Waals surface area contributed by atoms with E-state index in [0.29, 0.717) is 21.2 Å². The van der Waals surface area contributed by atoms with Crippen molar-refractivity contribution in [3.63, 3.8) is 0 Å². The van der Waals surface area contributed by atoms with Crippen LogP contribution in [0.1, 0.15) is 15.9 Å². The zero-order valence-corrected chi connectivity index (χ0v) is 17.6. The number of methoxy groups -OCH3 is 1. The number of ether oxygens (including phenoxy) is 1. The minimum Gasteiger partial charge on any atom is -0.497 e. The first-order valence-electron chi connectivity index (χ1n) is 8.51. The topological polar surface area (TPSA) is 75.7 Å². The summed E-state index contributed by atoms with van der Waals surface area (Å²) in [6.07, 6.45) is 1.65. The zero-order valence-electron chi connectivity index (χ0n) is 15.3. The second-order valence-electron chi connectivity index (χ2n) is 5.99. The van der Waals surface area contributed by atoms with Gasteiger partial charge in [-0.1, -0.05) is 35.3 Å². The van der Waals surface area contributed by atoms with Crippen LogP contribution in [0.25, 0.3) is 6.08 Å². The number of thioether (sulfide) groups is 1. The van der Waals surface area contributed by atoms with E-state index in [1.165, 1.54) is 12.1 Å². The lowest BCUT2D eigenvalue weighted by Gasteiger charge is -2.13. The Balaban J connectivity index is 1.59. The van der Waals surface area contributed by atoms with E-state index < -0.39 is 0 Å². The first-order chi connectivity index (χ1) is 13.9. The second kappa shape index (κ2) is 9.35. The maximum absolute atomic E-state index is 12.5. The van der Waals surface area contributed by atoms with Crippen molar-refractivity contribution in [2.45, 2.75) is 0 Å². The van der Waals surface area contributed by atoms with E-state index in [0.717, 1.165) is 22.2 Å². The molecular formula is C20H16Cl2N2O4S. The third kappa shape index (κ3) is 5.12. The molecule has 150 valence electrons. The normalized spacial score (nSPS) is 15.1. The summed E-state index contributed by atoms with van der Waals surface area (Å²) in [7, 11) is 1.57. The average Bonchev–Trinajstić information content (AvgIpc) is 2.97. The fraction of sp³-hybridized carbons (Fsp3) is 0.150. The van der Waals surface area contributed by atoms with Crippen LogP contribution < -0.4 is 10.1 Å². The molecule has 0 spiro atoms. The highest BCUT2D eigenvalue weighted by Crippen LogP contribution is 2.32. The van der Waals surface area contributed by atoms with Gasteiger partial charge in [0.2, 0.25) is 0 Å². The van der Waals surface area contributed by atoms with E-state index in [1.807, 2.05) is 0 Å². The molecule has 9 heteroatoms. The van der Waals surface area contributed by atoms with Gasteiger partial charge in [-0.2, -0.15) is 0 Å². The summed E-state index contributed by atoms with van der Waals surface area (Å²) in [4.78, 5) is 38.3. The molecule has 1 heterocycles. The molecule has 2 aromatic carbocycles. The number of nitrogens with one attached hydrogen (secondary N) is 1. The smallest absolute Gasteiger partial charge is 0.293 e. The Hall–Kier alpha value is -2.48. The monoisotopic (exact) mass is 450 g/mol. The number of hydrogen-bond acceptors (Lipinski definition) is 5. The highest BCUT2D eigenvalue weighted by atomic mass is 35.5. The Kier molecular flexibility index (Phi) is 6.84. The van der Waals surface area contributed by atoms with Crippen LogP contribution in [0.15, 0.2) is 47.4 Å². The van der Waals surface area contributed by atoms with Crippen LogP contribution in [-0.4, -0.2) is 42.2 Å². The van der Waals surface area contributed by atoms with E-state index >= 15 is 0 Å². The third-order valence-corrected chi connectivity index (χ3v) is 5.74. The Morgan fingerprint density at radius 2 is 1.86 bits per heavy atom.